The van der Waals surface area contributed by atoms with E-state index in [0.717, 1.165) is 10.6 Å². The van der Waals surface area contributed by atoms with E-state index in [1.165, 1.54) is 16.7 Å². The Morgan fingerprint density at radius 3 is 2.47 bits per heavy atom. The molecule has 0 fully saturated rings. The fourth-order valence-electron chi connectivity index (χ4n) is 1.30. The van der Waals surface area contributed by atoms with Gasteiger partial charge in [-0.3, -0.25) is 4.79 Å². The monoisotopic (exact) mass is 278 g/mol. The van der Waals surface area contributed by atoms with Crippen LogP contribution < -0.4 is 4.74 Å². The SMILES string of the molecule is COc1ccc(SCC(=O)N(C)C(C)(C)C#N)cc1. The highest BCUT2D eigenvalue weighted by Crippen LogP contribution is 2.22. The molecular weight excluding hydrogens is 260 g/mol. The van der Waals surface area contributed by atoms with E-state index in [9.17, 15) is 4.79 Å². The number of benzene rings is 1. The molecule has 4 nitrogen and oxygen atoms in total. The molecule has 1 aromatic rings. The minimum Gasteiger partial charge on any atom is -0.497 e. The van der Waals surface area contributed by atoms with Crippen molar-refractivity contribution in [2.24, 2.45) is 0 Å². The highest BCUT2D eigenvalue weighted by molar-refractivity contribution is 8.00. The van der Waals surface area contributed by atoms with Gasteiger partial charge in [-0.2, -0.15) is 5.26 Å². The van der Waals surface area contributed by atoms with Crippen molar-refractivity contribution in [1.29, 1.82) is 5.26 Å². The predicted molar refractivity (Wildman–Crippen MR) is 76.2 cm³/mol. The van der Waals surface area contributed by atoms with E-state index >= 15 is 0 Å². The molecule has 19 heavy (non-hydrogen) atoms. The number of methoxy groups -OCH3 is 1. The van der Waals surface area contributed by atoms with Crippen molar-refractivity contribution in [3.63, 3.8) is 0 Å². The standard InChI is InChI=1S/C14H18N2O2S/c1-14(2,10-15)16(3)13(17)9-19-12-7-5-11(18-4)6-8-12/h5-8H,9H2,1-4H3. The number of hydrogen-bond donors (Lipinski definition) is 0. The molecular formula is C14H18N2O2S. The summed E-state index contributed by atoms with van der Waals surface area (Å²) in [5.74, 6) is 1.04. The fraction of sp³-hybridized carbons (Fsp3) is 0.429. The van der Waals surface area contributed by atoms with Crippen LogP contribution in [0.1, 0.15) is 13.8 Å². The molecule has 0 unspecified atom stereocenters. The number of nitrogens with zero attached hydrogens (tertiary/aromatic N) is 2. The van der Waals surface area contributed by atoms with Gasteiger partial charge in [0.15, 0.2) is 0 Å². The maximum atomic E-state index is 12.0. The number of hydrogen-bond acceptors (Lipinski definition) is 4. The van der Waals surface area contributed by atoms with Crippen molar-refractivity contribution in [2.45, 2.75) is 24.3 Å². The lowest BCUT2D eigenvalue weighted by Gasteiger charge is -2.29. The van der Waals surface area contributed by atoms with Crippen molar-refractivity contribution >= 4 is 17.7 Å². The van der Waals surface area contributed by atoms with Crippen LogP contribution in [0.25, 0.3) is 0 Å². The van der Waals surface area contributed by atoms with E-state index in [-0.39, 0.29) is 5.91 Å². The van der Waals surface area contributed by atoms with Crippen LogP contribution in [0.3, 0.4) is 0 Å². The van der Waals surface area contributed by atoms with Crippen molar-refractivity contribution in [3.8, 4) is 11.8 Å². The quantitative estimate of drug-likeness (QED) is 0.777. The molecule has 1 rings (SSSR count). The summed E-state index contributed by atoms with van der Waals surface area (Å²) >= 11 is 1.45. The van der Waals surface area contributed by atoms with Gasteiger partial charge >= 0.3 is 0 Å². The second-order valence-electron chi connectivity index (χ2n) is 4.59. The van der Waals surface area contributed by atoms with E-state index in [1.54, 1.807) is 28.0 Å². The van der Waals surface area contributed by atoms with Crippen LogP contribution in [-0.4, -0.2) is 36.3 Å². The lowest BCUT2D eigenvalue weighted by atomic mass is 10.1. The third kappa shape index (κ3) is 4.18. The predicted octanol–water partition coefficient (Wildman–Crippen LogP) is 2.55. The summed E-state index contributed by atoms with van der Waals surface area (Å²) in [6.45, 7) is 3.45. The molecule has 5 heteroatoms. The highest BCUT2D eigenvalue weighted by Gasteiger charge is 2.26. The second kappa shape index (κ2) is 6.48. The first kappa shape index (κ1) is 15.4. The van der Waals surface area contributed by atoms with Crippen LogP contribution in [0, 0.1) is 11.3 Å². The van der Waals surface area contributed by atoms with E-state index in [4.69, 9.17) is 10.00 Å². The Morgan fingerprint density at radius 1 is 1.42 bits per heavy atom. The van der Waals surface area contributed by atoms with Crippen LogP contribution in [0.2, 0.25) is 0 Å². The molecule has 0 heterocycles. The summed E-state index contributed by atoms with van der Waals surface area (Å²) in [6.07, 6.45) is 0. The molecule has 102 valence electrons. The van der Waals surface area contributed by atoms with Gasteiger partial charge in [0.25, 0.3) is 0 Å². The van der Waals surface area contributed by atoms with Gasteiger partial charge in [0.1, 0.15) is 11.3 Å². The molecule has 0 atom stereocenters. The average Bonchev–Trinajstić information content (AvgIpc) is 2.44. The largest absolute Gasteiger partial charge is 0.497 e. The molecule has 0 bridgehead atoms. The topological polar surface area (TPSA) is 53.3 Å². The van der Waals surface area contributed by atoms with Gasteiger partial charge < -0.3 is 9.64 Å². The molecule has 0 aliphatic heterocycles. The second-order valence-corrected chi connectivity index (χ2v) is 5.64. The summed E-state index contributed by atoms with van der Waals surface area (Å²) < 4.78 is 5.07. The van der Waals surface area contributed by atoms with Crippen molar-refractivity contribution in [1.82, 2.24) is 4.90 Å². The van der Waals surface area contributed by atoms with Crippen LogP contribution in [-0.2, 0) is 4.79 Å². The van der Waals surface area contributed by atoms with Gasteiger partial charge in [0.05, 0.1) is 18.9 Å². The fourth-order valence-corrected chi connectivity index (χ4v) is 2.11. The smallest absolute Gasteiger partial charge is 0.233 e. The molecule has 0 aliphatic rings. The molecule has 1 amide bonds. The number of ether oxygens (including phenoxy) is 1. The lowest BCUT2D eigenvalue weighted by molar-refractivity contribution is -0.130. The van der Waals surface area contributed by atoms with Gasteiger partial charge in [0, 0.05) is 11.9 Å². The number of thioether (sulfide) groups is 1. The summed E-state index contributed by atoms with van der Waals surface area (Å²) in [5.41, 5.74) is -0.780. The van der Waals surface area contributed by atoms with Crippen LogP contribution in [0.15, 0.2) is 29.2 Å². The van der Waals surface area contributed by atoms with E-state index in [0.29, 0.717) is 5.75 Å². The molecule has 0 saturated heterocycles. The molecule has 1 aromatic carbocycles. The Hall–Kier alpha value is -1.67. The molecule has 0 N–H and O–H groups in total. The molecule has 0 radical (unpaired) electrons. The van der Waals surface area contributed by atoms with Crippen LogP contribution in [0.4, 0.5) is 0 Å². The van der Waals surface area contributed by atoms with Crippen LogP contribution in [0.5, 0.6) is 5.75 Å². The van der Waals surface area contributed by atoms with E-state index in [2.05, 4.69) is 6.07 Å². The zero-order valence-corrected chi connectivity index (χ0v) is 12.5. The van der Waals surface area contributed by atoms with Crippen molar-refractivity contribution in [2.75, 3.05) is 19.9 Å². The molecule has 0 spiro atoms. The number of carbonyl (C=O) groups is 1. The number of nitriles is 1. The first-order chi connectivity index (χ1) is 8.90. The zero-order valence-electron chi connectivity index (χ0n) is 11.6. The minimum absolute atomic E-state index is 0.0626. The first-order valence-electron chi connectivity index (χ1n) is 5.85. The Bertz CT molecular complexity index is 477. The van der Waals surface area contributed by atoms with Gasteiger partial charge in [-0.25, -0.2) is 0 Å². The third-order valence-corrected chi connectivity index (χ3v) is 3.90. The van der Waals surface area contributed by atoms with Crippen molar-refractivity contribution in [3.05, 3.63) is 24.3 Å². The van der Waals surface area contributed by atoms with Gasteiger partial charge in [0.2, 0.25) is 5.91 Å². The number of amides is 1. The third-order valence-electron chi connectivity index (χ3n) is 2.91. The van der Waals surface area contributed by atoms with E-state index in [1.807, 2.05) is 24.3 Å². The summed E-state index contributed by atoms with van der Waals surface area (Å²) in [4.78, 5) is 14.4. The molecule has 0 aliphatic carbocycles. The summed E-state index contributed by atoms with van der Waals surface area (Å²) in [5, 5.41) is 8.99. The van der Waals surface area contributed by atoms with Crippen molar-refractivity contribution < 1.29 is 9.53 Å². The Kier molecular flexibility index (Phi) is 5.25. The number of rotatable bonds is 5. The normalized spacial score (nSPS) is 10.7. The van der Waals surface area contributed by atoms with E-state index < -0.39 is 5.54 Å². The molecule has 0 aromatic heterocycles. The zero-order chi connectivity index (χ0) is 14.5. The van der Waals surface area contributed by atoms with Gasteiger partial charge in [-0.1, -0.05) is 0 Å². The number of carbonyl (C=O) groups excluding carboxylic acids is 1. The van der Waals surface area contributed by atoms with Crippen LogP contribution >= 0.6 is 11.8 Å². The van der Waals surface area contributed by atoms with Gasteiger partial charge in [-0.15, -0.1) is 11.8 Å². The van der Waals surface area contributed by atoms with Gasteiger partial charge in [-0.05, 0) is 38.1 Å². The summed E-state index contributed by atoms with van der Waals surface area (Å²) in [6, 6.07) is 9.65. The average molecular weight is 278 g/mol. The first-order valence-corrected chi connectivity index (χ1v) is 6.84. The lowest BCUT2D eigenvalue weighted by Crippen LogP contribution is -2.44. The maximum Gasteiger partial charge on any atom is 0.233 e. The summed E-state index contributed by atoms with van der Waals surface area (Å²) in [7, 11) is 3.27. The Morgan fingerprint density at radius 2 is 2.00 bits per heavy atom. The Balaban J connectivity index is 2.57. The highest BCUT2D eigenvalue weighted by atomic mass is 32.2. The maximum absolute atomic E-state index is 12.0. The minimum atomic E-state index is -0.780. The Labute approximate surface area is 118 Å². The molecule has 0 saturated carbocycles.